The topological polar surface area (TPSA) is 50.4 Å². The van der Waals surface area contributed by atoms with Crippen LogP contribution in [0.25, 0.3) is 0 Å². The van der Waals surface area contributed by atoms with E-state index in [0.717, 1.165) is 19.4 Å². The van der Waals surface area contributed by atoms with E-state index in [4.69, 9.17) is 0 Å². The Labute approximate surface area is 105 Å². The van der Waals surface area contributed by atoms with Gasteiger partial charge in [0.15, 0.2) is 0 Å². The summed E-state index contributed by atoms with van der Waals surface area (Å²) in [6.45, 7) is 8.40. The van der Waals surface area contributed by atoms with Crippen molar-refractivity contribution in [3.8, 4) is 0 Å². The Hall–Kier alpha value is -0.770. The number of alkyl carbamates (subject to hydrolysis) is 1. The Bertz CT molecular complexity index is 195. The van der Waals surface area contributed by atoms with E-state index in [-0.39, 0.29) is 6.09 Å². The van der Waals surface area contributed by atoms with Crippen molar-refractivity contribution in [2.24, 2.45) is 0 Å². The number of nitrogens with one attached hydrogen (secondary N) is 2. The maximum Gasteiger partial charge on any atom is 0.406 e. The van der Waals surface area contributed by atoms with Crippen LogP contribution in [0.3, 0.4) is 0 Å². The standard InChI is InChI=1S/C13H28N2O2/c1-5-13(6-2,7-3)15-11-9-8-10-14-12(16)17-4/h15H,5-11H2,1-4H3,(H,14,16). The van der Waals surface area contributed by atoms with Crippen LogP contribution in [0.1, 0.15) is 52.9 Å². The van der Waals surface area contributed by atoms with Gasteiger partial charge >= 0.3 is 6.09 Å². The fourth-order valence-electron chi connectivity index (χ4n) is 1.99. The van der Waals surface area contributed by atoms with E-state index < -0.39 is 0 Å². The van der Waals surface area contributed by atoms with Gasteiger partial charge in [-0.1, -0.05) is 20.8 Å². The molecule has 0 spiro atoms. The molecule has 0 aromatic heterocycles. The first-order valence-corrected chi connectivity index (χ1v) is 6.71. The second-order valence-electron chi connectivity index (χ2n) is 4.39. The van der Waals surface area contributed by atoms with Gasteiger partial charge < -0.3 is 15.4 Å². The highest BCUT2D eigenvalue weighted by molar-refractivity contribution is 5.66. The van der Waals surface area contributed by atoms with E-state index in [9.17, 15) is 4.79 Å². The summed E-state index contributed by atoms with van der Waals surface area (Å²) in [6, 6.07) is 0. The molecule has 102 valence electrons. The number of amides is 1. The quantitative estimate of drug-likeness (QED) is 0.613. The van der Waals surface area contributed by atoms with Crippen molar-refractivity contribution in [2.45, 2.75) is 58.4 Å². The van der Waals surface area contributed by atoms with E-state index in [1.54, 1.807) is 0 Å². The number of carbonyl (C=O) groups excluding carboxylic acids is 1. The van der Waals surface area contributed by atoms with Gasteiger partial charge in [-0.25, -0.2) is 4.79 Å². The highest BCUT2D eigenvalue weighted by Crippen LogP contribution is 2.18. The smallest absolute Gasteiger partial charge is 0.406 e. The van der Waals surface area contributed by atoms with Crippen LogP contribution in [0.15, 0.2) is 0 Å². The lowest BCUT2D eigenvalue weighted by molar-refractivity contribution is 0.171. The fraction of sp³-hybridized carbons (Fsp3) is 0.923. The van der Waals surface area contributed by atoms with E-state index in [2.05, 4.69) is 36.1 Å². The summed E-state index contributed by atoms with van der Waals surface area (Å²) in [7, 11) is 1.38. The minimum atomic E-state index is -0.344. The molecule has 0 rings (SSSR count). The van der Waals surface area contributed by atoms with E-state index in [1.165, 1.54) is 26.4 Å². The Balaban J connectivity index is 3.59. The second-order valence-corrected chi connectivity index (χ2v) is 4.39. The van der Waals surface area contributed by atoms with Crippen LogP contribution < -0.4 is 10.6 Å². The zero-order valence-corrected chi connectivity index (χ0v) is 11.8. The van der Waals surface area contributed by atoms with Crippen LogP contribution in [0, 0.1) is 0 Å². The summed E-state index contributed by atoms with van der Waals surface area (Å²) in [5.41, 5.74) is 0.301. The van der Waals surface area contributed by atoms with Gasteiger partial charge in [-0.2, -0.15) is 0 Å². The van der Waals surface area contributed by atoms with Gasteiger partial charge in [-0.15, -0.1) is 0 Å². The van der Waals surface area contributed by atoms with Crippen LogP contribution in [-0.4, -0.2) is 31.8 Å². The van der Waals surface area contributed by atoms with Crippen LogP contribution in [0.4, 0.5) is 4.79 Å². The highest BCUT2D eigenvalue weighted by atomic mass is 16.5. The summed E-state index contributed by atoms with van der Waals surface area (Å²) in [5.74, 6) is 0. The molecule has 4 nitrogen and oxygen atoms in total. The number of hydrogen-bond donors (Lipinski definition) is 2. The van der Waals surface area contributed by atoms with Crippen molar-refractivity contribution in [3.63, 3.8) is 0 Å². The molecule has 0 aliphatic carbocycles. The minimum absolute atomic E-state index is 0.301. The predicted molar refractivity (Wildman–Crippen MR) is 71.2 cm³/mol. The SMILES string of the molecule is CCC(CC)(CC)NCCCCNC(=O)OC. The minimum Gasteiger partial charge on any atom is -0.453 e. The van der Waals surface area contributed by atoms with Crippen molar-refractivity contribution in [1.82, 2.24) is 10.6 Å². The van der Waals surface area contributed by atoms with E-state index >= 15 is 0 Å². The Morgan fingerprint density at radius 3 is 2.06 bits per heavy atom. The number of methoxy groups -OCH3 is 1. The molecule has 0 heterocycles. The maximum absolute atomic E-state index is 10.8. The van der Waals surface area contributed by atoms with Crippen molar-refractivity contribution in [1.29, 1.82) is 0 Å². The molecule has 0 aliphatic rings. The third kappa shape index (κ3) is 6.51. The lowest BCUT2D eigenvalue weighted by Crippen LogP contribution is -2.44. The third-order valence-corrected chi connectivity index (χ3v) is 3.59. The molecule has 0 unspecified atom stereocenters. The summed E-state index contributed by atoms with van der Waals surface area (Å²) in [6.07, 6.45) is 5.21. The second kappa shape index (κ2) is 9.28. The maximum atomic E-state index is 10.8. The molecular formula is C13H28N2O2. The number of unbranched alkanes of at least 4 members (excludes halogenated alkanes) is 1. The zero-order valence-electron chi connectivity index (χ0n) is 11.8. The third-order valence-electron chi connectivity index (χ3n) is 3.59. The van der Waals surface area contributed by atoms with Gasteiger partial charge in [-0.05, 0) is 38.6 Å². The molecule has 1 amide bonds. The molecule has 2 N–H and O–H groups in total. The molecule has 0 fully saturated rings. The first-order valence-electron chi connectivity index (χ1n) is 6.71. The van der Waals surface area contributed by atoms with Crippen LogP contribution in [0.5, 0.6) is 0 Å². The number of ether oxygens (including phenoxy) is 1. The Morgan fingerprint density at radius 1 is 1.06 bits per heavy atom. The first-order chi connectivity index (χ1) is 8.14. The Morgan fingerprint density at radius 2 is 1.59 bits per heavy atom. The highest BCUT2D eigenvalue weighted by Gasteiger charge is 2.21. The molecule has 0 saturated carbocycles. The molecule has 0 aromatic rings. The molecule has 0 aromatic carbocycles. The van der Waals surface area contributed by atoms with Gasteiger partial charge in [0.1, 0.15) is 0 Å². The molecular weight excluding hydrogens is 216 g/mol. The van der Waals surface area contributed by atoms with Crippen molar-refractivity contribution < 1.29 is 9.53 Å². The van der Waals surface area contributed by atoms with E-state index in [1.807, 2.05) is 0 Å². The summed E-state index contributed by atoms with van der Waals surface area (Å²) < 4.78 is 4.50. The fourth-order valence-corrected chi connectivity index (χ4v) is 1.99. The van der Waals surface area contributed by atoms with Gasteiger partial charge in [0.25, 0.3) is 0 Å². The van der Waals surface area contributed by atoms with E-state index in [0.29, 0.717) is 12.1 Å². The average molecular weight is 244 g/mol. The predicted octanol–water partition coefficient (Wildman–Crippen LogP) is 2.68. The lowest BCUT2D eigenvalue weighted by atomic mass is 9.90. The molecule has 0 radical (unpaired) electrons. The molecule has 0 saturated heterocycles. The summed E-state index contributed by atoms with van der Waals surface area (Å²) >= 11 is 0. The number of hydrogen-bond acceptors (Lipinski definition) is 3. The van der Waals surface area contributed by atoms with Gasteiger partial charge in [-0.3, -0.25) is 0 Å². The molecule has 4 heteroatoms. The normalized spacial score (nSPS) is 11.3. The monoisotopic (exact) mass is 244 g/mol. The largest absolute Gasteiger partial charge is 0.453 e. The number of rotatable bonds is 9. The summed E-state index contributed by atoms with van der Waals surface area (Å²) in [4.78, 5) is 10.8. The number of carbonyl (C=O) groups is 1. The molecule has 0 atom stereocenters. The van der Waals surface area contributed by atoms with Gasteiger partial charge in [0.2, 0.25) is 0 Å². The zero-order chi connectivity index (χ0) is 13.1. The van der Waals surface area contributed by atoms with Crippen LogP contribution in [0.2, 0.25) is 0 Å². The van der Waals surface area contributed by atoms with Gasteiger partial charge in [0, 0.05) is 12.1 Å². The molecule has 0 bridgehead atoms. The van der Waals surface area contributed by atoms with Crippen molar-refractivity contribution >= 4 is 6.09 Å². The van der Waals surface area contributed by atoms with Gasteiger partial charge in [0.05, 0.1) is 7.11 Å². The molecule has 0 aliphatic heterocycles. The molecule has 17 heavy (non-hydrogen) atoms. The average Bonchev–Trinajstić information content (AvgIpc) is 2.38. The van der Waals surface area contributed by atoms with Crippen LogP contribution in [-0.2, 0) is 4.74 Å². The summed E-state index contributed by atoms with van der Waals surface area (Å²) in [5, 5.41) is 6.32. The van der Waals surface area contributed by atoms with Crippen molar-refractivity contribution in [2.75, 3.05) is 20.2 Å². The lowest BCUT2D eigenvalue weighted by Gasteiger charge is -2.32. The Kier molecular flexibility index (Phi) is 8.86. The van der Waals surface area contributed by atoms with Crippen molar-refractivity contribution in [3.05, 3.63) is 0 Å². The van der Waals surface area contributed by atoms with Crippen LogP contribution >= 0.6 is 0 Å². The first kappa shape index (κ1) is 16.2.